The van der Waals surface area contributed by atoms with E-state index in [9.17, 15) is 0 Å². The topological polar surface area (TPSA) is 36.3 Å². The zero-order valence-electron chi connectivity index (χ0n) is 9.99. The SMILES string of the molecule is Cn1cc(Br)c(C2CCC3(CC2)OCCO3)n1. The van der Waals surface area contributed by atoms with Gasteiger partial charge in [0.15, 0.2) is 5.79 Å². The quantitative estimate of drug-likeness (QED) is 0.800. The van der Waals surface area contributed by atoms with E-state index in [1.807, 2.05) is 17.9 Å². The highest BCUT2D eigenvalue weighted by Gasteiger charge is 2.41. The van der Waals surface area contributed by atoms with Crippen LogP contribution in [0.4, 0.5) is 0 Å². The molecule has 3 rings (SSSR count). The summed E-state index contributed by atoms with van der Waals surface area (Å²) in [5, 5.41) is 4.54. The van der Waals surface area contributed by atoms with Crippen LogP contribution < -0.4 is 0 Å². The van der Waals surface area contributed by atoms with E-state index in [1.54, 1.807) is 0 Å². The Morgan fingerprint density at radius 2 is 2.00 bits per heavy atom. The van der Waals surface area contributed by atoms with E-state index >= 15 is 0 Å². The van der Waals surface area contributed by atoms with Gasteiger partial charge in [0.2, 0.25) is 0 Å². The molecule has 0 bridgehead atoms. The van der Waals surface area contributed by atoms with E-state index in [4.69, 9.17) is 9.47 Å². The van der Waals surface area contributed by atoms with E-state index < -0.39 is 0 Å². The van der Waals surface area contributed by atoms with Crippen LogP contribution in [0.5, 0.6) is 0 Å². The van der Waals surface area contributed by atoms with Gasteiger partial charge >= 0.3 is 0 Å². The third-order valence-electron chi connectivity index (χ3n) is 3.76. The maximum absolute atomic E-state index is 5.74. The second kappa shape index (κ2) is 4.37. The first kappa shape index (κ1) is 11.7. The summed E-state index contributed by atoms with van der Waals surface area (Å²) >= 11 is 3.58. The van der Waals surface area contributed by atoms with Crippen molar-refractivity contribution >= 4 is 15.9 Å². The zero-order chi connectivity index (χ0) is 11.9. The summed E-state index contributed by atoms with van der Waals surface area (Å²) in [5.41, 5.74) is 1.18. The molecule has 17 heavy (non-hydrogen) atoms. The molecule has 2 fully saturated rings. The average molecular weight is 301 g/mol. The van der Waals surface area contributed by atoms with Gasteiger partial charge in [-0.25, -0.2) is 0 Å². The van der Waals surface area contributed by atoms with E-state index in [1.165, 1.54) is 5.69 Å². The van der Waals surface area contributed by atoms with Crippen LogP contribution in [0.1, 0.15) is 37.3 Å². The smallest absolute Gasteiger partial charge is 0.168 e. The fourth-order valence-electron chi connectivity index (χ4n) is 2.87. The molecule has 5 heteroatoms. The molecule has 0 amide bonds. The molecule has 0 N–H and O–H groups in total. The maximum atomic E-state index is 5.74. The molecular weight excluding hydrogens is 284 g/mol. The number of hydrogen-bond acceptors (Lipinski definition) is 3. The lowest BCUT2D eigenvalue weighted by Crippen LogP contribution is -2.34. The predicted octanol–water partition coefficient (Wildman–Crippen LogP) is 2.58. The van der Waals surface area contributed by atoms with Crippen molar-refractivity contribution in [2.75, 3.05) is 13.2 Å². The standard InChI is InChI=1S/C12H17BrN2O2/c1-15-8-10(13)11(14-15)9-2-4-12(5-3-9)16-6-7-17-12/h8-9H,2-7H2,1H3. The van der Waals surface area contributed by atoms with E-state index in [-0.39, 0.29) is 5.79 Å². The molecule has 1 aromatic rings. The Kier molecular flexibility index (Phi) is 3.00. The van der Waals surface area contributed by atoms with Crippen LogP contribution in [0.2, 0.25) is 0 Å². The van der Waals surface area contributed by atoms with Crippen LogP contribution in [-0.4, -0.2) is 28.8 Å². The summed E-state index contributed by atoms with van der Waals surface area (Å²) in [4.78, 5) is 0. The van der Waals surface area contributed by atoms with Gasteiger partial charge in [-0.1, -0.05) is 0 Å². The minimum atomic E-state index is -0.266. The second-order valence-electron chi connectivity index (χ2n) is 4.92. The summed E-state index contributed by atoms with van der Waals surface area (Å²) in [6, 6.07) is 0. The molecule has 2 aliphatic rings. The highest BCUT2D eigenvalue weighted by atomic mass is 79.9. The van der Waals surface area contributed by atoms with Gasteiger partial charge in [0.1, 0.15) is 0 Å². The first-order valence-electron chi connectivity index (χ1n) is 6.15. The van der Waals surface area contributed by atoms with Crippen molar-refractivity contribution in [3.63, 3.8) is 0 Å². The summed E-state index contributed by atoms with van der Waals surface area (Å²) in [5.74, 6) is 0.265. The highest BCUT2D eigenvalue weighted by molar-refractivity contribution is 9.10. The van der Waals surface area contributed by atoms with Gasteiger partial charge in [-0.2, -0.15) is 5.10 Å². The third-order valence-corrected chi connectivity index (χ3v) is 4.37. The van der Waals surface area contributed by atoms with Crippen LogP contribution in [0.25, 0.3) is 0 Å². The first-order valence-corrected chi connectivity index (χ1v) is 6.95. The zero-order valence-corrected chi connectivity index (χ0v) is 11.6. The highest BCUT2D eigenvalue weighted by Crippen LogP contribution is 2.43. The molecule has 0 atom stereocenters. The number of nitrogens with zero attached hydrogens (tertiary/aromatic N) is 2. The summed E-state index contributed by atoms with van der Waals surface area (Å²) in [7, 11) is 1.96. The Balaban J connectivity index is 1.70. The Bertz CT molecular complexity index is 403. The lowest BCUT2D eigenvalue weighted by atomic mass is 9.83. The average Bonchev–Trinajstić information content (AvgIpc) is 2.88. The molecule has 1 saturated carbocycles. The van der Waals surface area contributed by atoms with Gasteiger partial charge in [-0.05, 0) is 28.8 Å². The molecule has 2 heterocycles. The van der Waals surface area contributed by atoms with Crippen LogP contribution in [0.3, 0.4) is 0 Å². The largest absolute Gasteiger partial charge is 0.348 e. The van der Waals surface area contributed by atoms with Crippen molar-refractivity contribution in [2.45, 2.75) is 37.4 Å². The second-order valence-corrected chi connectivity index (χ2v) is 5.77. The van der Waals surface area contributed by atoms with Gasteiger partial charge in [0.05, 0.1) is 23.4 Å². The molecule has 4 nitrogen and oxygen atoms in total. The van der Waals surface area contributed by atoms with E-state index in [0.717, 1.165) is 43.4 Å². The Labute approximate surface area is 109 Å². The molecule has 0 aromatic carbocycles. The summed E-state index contributed by atoms with van der Waals surface area (Å²) in [6.07, 6.45) is 6.18. The minimum absolute atomic E-state index is 0.266. The van der Waals surface area contributed by atoms with E-state index in [2.05, 4.69) is 21.0 Å². The number of hydrogen-bond donors (Lipinski definition) is 0. The van der Waals surface area contributed by atoms with Crippen molar-refractivity contribution < 1.29 is 9.47 Å². The number of aryl methyl sites for hydroxylation is 1. The predicted molar refractivity (Wildman–Crippen MR) is 66.8 cm³/mol. The Morgan fingerprint density at radius 3 is 2.53 bits per heavy atom. The Hall–Kier alpha value is -0.390. The van der Waals surface area contributed by atoms with Gasteiger partial charge in [-0.3, -0.25) is 4.68 Å². The first-order chi connectivity index (χ1) is 8.19. The van der Waals surface area contributed by atoms with Crippen molar-refractivity contribution in [1.29, 1.82) is 0 Å². The van der Waals surface area contributed by atoms with Crippen molar-refractivity contribution in [2.24, 2.45) is 7.05 Å². The Morgan fingerprint density at radius 1 is 1.35 bits per heavy atom. The van der Waals surface area contributed by atoms with Crippen molar-refractivity contribution in [3.8, 4) is 0 Å². The molecule has 1 aromatic heterocycles. The maximum Gasteiger partial charge on any atom is 0.168 e. The van der Waals surface area contributed by atoms with Crippen LogP contribution in [0.15, 0.2) is 10.7 Å². The lowest BCUT2D eigenvalue weighted by molar-refractivity contribution is -0.179. The van der Waals surface area contributed by atoms with Gasteiger partial charge in [0, 0.05) is 32.0 Å². The van der Waals surface area contributed by atoms with E-state index in [0.29, 0.717) is 5.92 Å². The van der Waals surface area contributed by atoms with Gasteiger partial charge in [-0.15, -0.1) is 0 Å². The monoisotopic (exact) mass is 300 g/mol. The van der Waals surface area contributed by atoms with Gasteiger partial charge < -0.3 is 9.47 Å². The third kappa shape index (κ3) is 2.16. The van der Waals surface area contributed by atoms with Crippen LogP contribution in [-0.2, 0) is 16.5 Å². The summed E-state index contributed by atoms with van der Waals surface area (Å²) in [6.45, 7) is 1.50. The minimum Gasteiger partial charge on any atom is -0.348 e. The fraction of sp³-hybridized carbons (Fsp3) is 0.750. The molecule has 1 aliphatic heterocycles. The molecule has 1 spiro atoms. The molecule has 0 unspecified atom stereocenters. The van der Waals surface area contributed by atoms with Crippen molar-refractivity contribution in [1.82, 2.24) is 9.78 Å². The molecular formula is C12H17BrN2O2. The molecule has 1 aliphatic carbocycles. The molecule has 0 radical (unpaired) electrons. The molecule has 1 saturated heterocycles. The lowest BCUT2D eigenvalue weighted by Gasteiger charge is -2.34. The van der Waals surface area contributed by atoms with Crippen molar-refractivity contribution in [3.05, 3.63) is 16.4 Å². The summed E-state index contributed by atoms with van der Waals surface area (Å²) < 4.78 is 14.5. The number of ether oxygens (including phenoxy) is 2. The number of halogens is 1. The number of aromatic nitrogens is 2. The normalized spacial score (nSPS) is 24.6. The number of rotatable bonds is 1. The van der Waals surface area contributed by atoms with Crippen LogP contribution >= 0.6 is 15.9 Å². The molecule has 94 valence electrons. The van der Waals surface area contributed by atoms with Crippen LogP contribution in [0, 0.1) is 0 Å². The fourth-order valence-corrected chi connectivity index (χ4v) is 3.57. The van der Waals surface area contributed by atoms with Gasteiger partial charge in [0.25, 0.3) is 0 Å².